The third-order valence-electron chi connectivity index (χ3n) is 7.27. The van der Waals surface area contributed by atoms with E-state index in [2.05, 4.69) is 54.7 Å². The Hall–Kier alpha value is -2.67. The molecule has 2 amide bonds. The van der Waals surface area contributed by atoms with Crippen LogP contribution in [0.1, 0.15) is 84.6 Å². The van der Waals surface area contributed by atoms with Gasteiger partial charge in [-0.1, -0.05) is 45.4 Å². The van der Waals surface area contributed by atoms with Crippen LogP contribution in [0.15, 0.2) is 30.5 Å². The van der Waals surface area contributed by atoms with Crippen LogP contribution in [0.4, 0.5) is 4.79 Å². The number of H-pyrrole nitrogens is 1. The number of benzene rings is 1. The highest BCUT2D eigenvalue weighted by atomic mass is 16.2. The molecule has 0 saturated carbocycles. The van der Waals surface area contributed by atoms with E-state index < -0.39 is 0 Å². The van der Waals surface area contributed by atoms with E-state index in [1.807, 2.05) is 12.1 Å². The molecule has 0 bridgehead atoms. The lowest BCUT2D eigenvalue weighted by Gasteiger charge is -2.22. The first kappa shape index (κ1) is 30.6. The van der Waals surface area contributed by atoms with E-state index >= 15 is 0 Å². The van der Waals surface area contributed by atoms with Gasteiger partial charge >= 0.3 is 6.03 Å². The first-order chi connectivity index (χ1) is 17.7. The molecule has 0 radical (unpaired) electrons. The lowest BCUT2D eigenvalue weighted by Crippen LogP contribution is -2.43. The molecule has 5 N–H and O–H groups in total. The Morgan fingerprint density at radius 1 is 1.00 bits per heavy atom. The van der Waals surface area contributed by atoms with E-state index in [0.717, 1.165) is 37.6 Å². The first-order valence-electron chi connectivity index (χ1n) is 14.0. The number of carbonyl (C=O) groups excluding carboxylic acids is 3. The lowest BCUT2D eigenvalue weighted by molar-refractivity contribution is -0.121. The third kappa shape index (κ3) is 11.5. The SMILES string of the molecule is CC(=O)CC[C@@H](CC(=O)CC[C@H](CCCCN)NC(=O)NC[C@@H](C)Cc1c[nH]c2ccccc12)C(C)C. The summed E-state index contributed by atoms with van der Waals surface area (Å²) in [6.45, 7) is 9.15. The van der Waals surface area contributed by atoms with Gasteiger partial charge in [-0.2, -0.15) is 0 Å². The second kappa shape index (κ2) is 16.2. The van der Waals surface area contributed by atoms with Crippen LogP contribution >= 0.6 is 0 Å². The van der Waals surface area contributed by atoms with Gasteiger partial charge in [0, 0.05) is 48.9 Å². The van der Waals surface area contributed by atoms with Crippen molar-refractivity contribution in [3.8, 4) is 0 Å². The molecule has 206 valence electrons. The molecule has 0 fully saturated rings. The smallest absolute Gasteiger partial charge is 0.315 e. The Kier molecular flexibility index (Phi) is 13.4. The Morgan fingerprint density at radius 2 is 1.76 bits per heavy atom. The highest BCUT2D eigenvalue weighted by molar-refractivity contribution is 5.83. The van der Waals surface area contributed by atoms with Gasteiger partial charge in [-0.25, -0.2) is 4.79 Å². The number of ketones is 2. The number of Topliss-reactive ketones (excluding diaryl/α,β-unsaturated/α-hetero) is 2. The molecule has 0 spiro atoms. The van der Waals surface area contributed by atoms with Crippen molar-refractivity contribution in [2.75, 3.05) is 13.1 Å². The lowest BCUT2D eigenvalue weighted by atomic mass is 9.85. The number of hydrogen-bond donors (Lipinski definition) is 4. The zero-order chi connectivity index (χ0) is 27.2. The van der Waals surface area contributed by atoms with Crippen LogP contribution in [0.25, 0.3) is 10.9 Å². The number of para-hydroxylation sites is 1. The molecule has 0 unspecified atom stereocenters. The second-order valence-corrected chi connectivity index (χ2v) is 11.0. The van der Waals surface area contributed by atoms with Crippen molar-refractivity contribution in [3.05, 3.63) is 36.0 Å². The number of rotatable bonds is 18. The molecule has 1 aromatic carbocycles. The average Bonchev–Trinajstić information content (AvgIpc) is 3.26. The van der Waals surface area contributed by atoms with Crippen molar-refractivity contribution in [1.82, 2.24) is 15.6 Å². The Bertz CT molecular complexity index is 984. The van der Waals surface area contributed by atoms with Gasteiger partial charge in [0.25, 0.3) is 0 Å². The van der Waals surface area contributed by atoms with E-state index in [1.54, 1.807) is 6.92 Å². The number of fused-ring (bicyclic) bond motifs is 1. The minimum absolute atomic E-state index is 0.0610. The molecular weight excluding hydrogens is 464 g/mol. The molecule has 3 atom stereocenters. The summed E-state index contributed by atoms with van der Waals surface area (Å²) in [5, 5.41) is 7.35. The molecule has 1 aromatic heterocycles. The fraction of sp³-hybridized carbons (Fsp3) is 0.633. The summed E-state index contributed by atoms with van der Waals surface area (Å²) >= 11 is 0. The van der Waals surface area contributed by atoms with Crippen molar-refractivity contribution >= 4 is 28.5 Å². The molecule has 7 heteroatoms. The largest absolute Gasteiger partial charge is 0.361 e. The number of urea groups is 1. The van der Waals surface area contributed by atoms with Gasteiger partial charge in [-0.3, -0.25) is 4.79 Å². The molecule has 1 heterocycles. The van der Waals surface area contributed by atoms with Crippen molar-refractivity contribution < 1.29 is 14.4 Å². The maximum Gasteiger partial charge on any atom is 0.315 e. The first-order valence-corrected chi connectivity index (χ1v) is 14.0. The summed E-state index contributed by atoms with van der Waals surface area (Å²) in [6.07, 6.45) is 8.39. The molecule has 2 rings (SSSR count). The highest BCUT2D eigenvalue weighted by Crippen LogP contribution is 2.23. The van der Waals surface area contributed by atoms with Crippen LogP contribution in [-0.2, 0) is 16.0 Å². The van der Waals surface area contributed by atoms with Gasteiger partial charge in [-0.05, 0) is 75.0 Å². The fourth-order valence-electron chi connectivity index (χ4n) is 4.86. The zero-order valence-electron chi connectivity index (χ0n) is 23.3. The molecule has 0 aliphatic rings. The molecule has 2 aromatic rings. The van der Waals surface area contributed by atoms with Crippen LogP contribution < -0.4 is 16.4 Å². The summed E-state index contributed by atoms with van der Waals surface area (Å²) < 4.78 is 0. The van der Waals surface area contributed by atoms with Crippen LogP contribution in [0.2, 0.25) is 0 Å². The van der Waals surface area contributed by atoms with E-state index in [0.29, 0.717) is 44.7 Å². The molecule has 0 aliphatic heterocycles. The molecule has 7 nitrogen and oxygen atoms in total. The topological polar surface area (TPSA) is 117 Å². The standard InChI is InChI=1S/C30H48N4O3/c1-21(2)24(13-12-23(4)35)18-27(36)15-14-26(9-7-8-16-31)34-30(37)33-19-22(3)17-25-20-32-29-11-6-5-10-28(25)29/h5-6,10-11,20-22,24,26,32H,7-9,12-19,31H2,1-4H3,(H2,33,34,37)/t22-,24-,26-/m0/s1. The third-order valence-corrected chi connectivity index (χ3v) is 7.27. The number of nitrogens with one attached hydrogen (secondary N) is 3. The Labute approximate surface area is 222 Å². The van der Waals surface area contributed by atoms with Crippen LogP contribution in [-0.4, -0.2) is 41.7 Å². The van der Waals surface area contributed by atoms with Gasteiger partial charge < -0.3 is 26.1 Å². The van der Waals surface area contributed by atoms with Crippen LogP contribution in [0, 0.1) is 17.8 Å². The van der Waals surface area contributed by atoms with E-state index in [4.69, 9.17) is 5.73 Å². The molecule has 0 aliphatic carbocycles. The number of aromatic amines is 1. The van der Waals surface area contributed by atoms with Crippen molar-refractivity contribution in [2.24, 2.45) is 23.5 Å². The van der Waals surface area contributed by atoms with E-state index in [1.165, 1.54) is 10.9 Å². The Morgan fingerprint density at radius 3 is 2.46 bits per heavy atom. The number of amides is 2. The summed E-state index contributed by atoms with van der Waals surface area (Å²) in [6, 6.07) is 8.01. The monoisotopic (exact) mass is 512 g/mol. The highest BCUT2D eigenvalue weighted by Gasteiger charge is 2.20. The van der Waals surface area contributed by atoms with Crippen LogP contribution in [0.3, 0.4) is 0 Å². The van der Waals surface area contributed by atoms with Gasteiger partial charge in [-0.15, -0.1) is 0 Å². The summed E-state index contributed by atoms with van der Waals surface area (Å²) in [5.41, 5.74) is 8.05. The minimum atomic E-state index is -0.183. The predicted octanol–water partition coefficient (Wildman–Crippen LogP) is 5.52. The van der Waals surface area contributed by atoms with E-state index in [9.17, 15) is 14.4 Å². The van der Waals surface area contributed by atoms with Crippen LogP contribution in [0.5, 0.6) is 0 Å². The minimum Gasteiger partial charge on any atom is -0.361 e. The van der Waals surface area contributed by atoms with Crippen molar-refractivity contribution in [3.63, 3.8) is 0 Å². The summed E-state index contributed by atoms with van der Waals surface area (Å²) in [5.74, 6) is 1.25. The average molecular weight is 513 g/mol. The normalized spacial score (nSPS) is 13.9. The maximum absolute atomic E-state index is 12.7. The number of carbonyl (C=O) groups is 3. The van der Waals surface area contributed by atoms with Crippen molar-refractivity contribution in [2.45, 2.75) is 91.5 Å². The van der Waals surface area contributed by atoms with Gasteiger partial charge in [0.1, 0.15) is 11.6 Å². The summed E-state index contributed by atoms with van der Waals surface area (Å²) in [4.78, 5) is 40.1. The van der Waals surface area contributed by atoms with Crippen molar-refractivity contribution in [1.29, 1.82) is 0 Å². The predicted molar refractivity (Wildman–Crippen MR) is 151 cm³/mol. The van der Waals surface area contributed by atoms with Gasteiger partial charge in [0.2, 0.25) is 0 Å². The quantitative estimate of drug-likeness (QED) is 0.197. The fourth-order valence-corrected chi connectivity index (χ4v) is 4.86. The Balaban J connectivity index is 1.82. The molecule has 0 saturated heterocycles. The molecular formula is C30H48N4O3. The number of hydrogen-bond acceptors (Lipinski definition) is 4. The zero-order valence-corrected chi connectivity index (χ0v) is 23.3. The van der Waals surface area contributed by atoms with Gasteiger partial charge in [0.05, 0.1) is 0 Å². The second-order valence-electron chi connectivity index (χ2n) is 11.0. The number of nitrogens with two attached hydrogens (primary N) is 1. The summed E-state index contributed by atoms with van der Waals surface area (Å²) in [7, 11) is 0. The number of aromatic nitrogens is 1. The van der Waals surface area contributed by atoms with Gasteiger partial charge in [0.15, 0.2) is 0 Å². The maximum atomic E-state index is 12.7. The van der Waals surface area contributed by atoms with E-state index in [-0.39, 0.29) is 35.5 Å². The molecule has 37 heavy (non-hydrogen) atoms. The number of unbranched alkanes of at least 4 members (excludes halogenated alkanes) is 1.